The molecule has 1 saturated heterocycles. The third-order valence-electron chi connectivity index (χ3n) is 3.91. The van der Waals surface area contributed by atoms with Crippen LogP contribution >= 0.6 is 12.4 Å². The van der Waals surface area contributed by atoms with Crippen molar-refractivity contribution in [3.63, 3.8) is 0 Å². The molecule has 0 aliphatic carbocycles. The van der Waals surface area contributed by atoms with Gasteiger partial charge in [-0.15, -0.1) is 12.4 Å². The fourth-order valence-electron chi connectivity index (χ4n) is 2.73. The maximum absolute atomic E-state index is 11.8. The first-order chi connectivity index (χ1) is 8.93. The molecule has 0 spiro atoms. The Morgan fingerprint density at radius 3 is 2.40 bits per heavy atom. The van der Waals surface area contributed by atoms with Gasteiger partial charge in [0.25, 0.3) is 0 Å². The first-order valence-electron chi connectivity index (χ1n) is 7.03. The number of likely N-dealkylation sites (tertiary alicyclic amines) is 1. The fourth-order valence-corrected chi connectivity index (χ4v) is 2.73. The van der Waals surface area contributed by atoms with E-state index in [1.54, 1.807) is 0 Å². The number of amides is 1. The molecule has 20 heavy (non-hydrogen) atoms. The maximum atomic E-state index is 11.8. The van der Waals surface area contributed by atoms with Crippen LogP contribution in [0, 0.1) is 0 Å². The third kappa shape index (κ3) is 3.53. The quantitative estimate of drug-likeness (QED) is 0.912. The topological polar surface area (TPSA) is 46.3 Å². The van der Waals surface area contributed by atoms with Gasteiger partial charge in [-0.05, 0) is 29.4 Å². The van der Waals surface area contributed by atoms with Crippen molar-refractivity contribution in [2.45, 2.75) is 45.1 Å². The minimum absolute atomic E-state index is 0. The average Bonchev–Trinajstić information content (AvgIpc) is 2.86. The van der Waals surface area contributed by atoms with E-state index in [2.05, 4.69) is 45.0 Å². The summed E-state index contributed by atoms with van der Waals surface area (Å²) < 4.78 is 0. The zero-order chi connectivity index (χ0) is 14.0. The Balaban J connectivity index is 0.00000200. The van der Waals surface area contributed by atoms with Crippen LogP contribution in [0.15, 0.2) is 24.3 Å². The Bertz CT molecular complexity index is 451. The zero-order valence-corrected chi connectivity index (χ0v) is 13.4. The van der Waals surface area contributed by atoms with Gasteiger partial charge in [-0.2, -0.15) is 0 Å². The summed E-state index contributed by atoms with van der Waals surface area (Å²) in [6.07, 6.45) is 2.11. The summed E-state index contributed by atoms with van der Waals surface area (Å²) in [5.74, 6) is 0.0578. The van der Waals surface area contributed by atoms with E-state index in [-0.39, 0.29) is 36.3 Å². The van der Waals surface area contributed by atoms with Gasteiger partial charge >= 0.3 is 0 Å². The summed E-state index contributed by atoms with van der Waals surface area (Å²) in [7, 11) is 0. The fraction of sp³-hybridized carbons (Fsp3) is 0.562. The Labute approximate surface area is 127 Å². The van der Waals surface area contributed by atoms with Crippen molar-refractivity contribution in [3.8, 4) is 0 Å². The van der Waals surface area contributed by atoms with Crippen molar-refractivity contribution < 1.29 is 4.79 Å². The Kier molecular flexibility index (Phi) is 5.60. The van der Waals surface area contributed by atoms with Crippen LogP contribution in [0.2, 0.25) is 0 Å². The molecule has 1 atom stereocenters. The summed E-state index contributed by atoms with van der Waals surface area (Å²) in [4.78, 5) is 13.7. The van der Waals surface area contributed by atoms with E-state index in [4.69, 9.17) is 5.73 Å². The molecule has 1 aromatic rings. The Hall–Kier alpha value is -1.06. The number of carbonyl (C=O) groups excluding carboxylic acids is 1. The largest absolute Gasteiger partial charge is 0.335 e. The molecule has 3 nitrogen and oxygen atoms in total. The van der Waals surface area contributed by atoms with Crippen molar-refractivity contribution in [1.82, 2.24) is 4.90 Å². The molecule has 1 amide bonds. The summed E-state index contributed by atoms with van der Waals surface area (Å²) in [5, 5.41) is 0. The van der Waals surface area contributed by atoms with Gasteiger partial charge in [0.2, 0.25) is 5.91 Å². The second-order valence-corrected chi connectivity index (χ2v) is 6.32. The van der Waals surface area contributed by atoms with Crippen molar-refractivity contribution in [1.29, 1.82) is 0 Å². The molecule has 0 bridgehead atoms. The number of hydrogen-bond donors (Lipinski definition) is 1. The highest BCUT2D eigenvalue weighted by atomic mass is 35.5. The van der Waals surface area contributed by atoms with Gasteiger partial charge in [0.15, 0.2) is 0 Å². The molecule has 1 aromatic carbocycles. The Morgan fingerprint density at radius 2 is 1.90 bits per heavy atom. The number of benzene rings is 1. The summed E-state index contributed by atoms with van der Waals surface area (Å²) in [5.41, 5.74) is 8.20. The van der Waals surface area contributed by atoms with Gasteiger partial charge in [0.05, 0.1) is 12.6 Å². The predicted molar refractivity (Wildman–Crippen MR) is 85.1 cm³/mol. The average molecular weight is 297 g/mol. The second-order valence-electron chi connectivity index (χ2n) is 6.32. The van der Waals surface area contributed by atoms with Crippen LogP contribution in [0.3, 0.4) is 0 Å². The van der Waals surface area contributed by atoms with Crippen LogP contribution in [0.25, 0.3) is 0 Å². The van der Waals surface area contributed by atoms with Crippen LogP contribution in [-0.2, 0) is 10.2 Å². The van der Waals surface area contributed by atoms with E-state index in [0.717, 1.165) is 19.4 Å². The molecule has 0 aromatic heterocycles. The van der Waals surface area contributed by atoms with Crippen LogP contribution in [0.1, 0.15) is 50.8 Å². The number of hydrogen-bond acceptors (Lipinski definition) is 2. The van der Waals surface area contributed by atoms with Crippen molar-refractivity contribution in [3.05, 3.63) is 35.4 Å². The van der Waals surface area contributed by atoms with E-state index in [0.29, 0.717) is 0 Å². The van der Waals surface area contributed by atoms with Gasteiger partial charge in [0.1, 0.15) is 0 Å². The number of rotatable bonds is 2. The lowest BCUT2D eigenvalue weighted by molar-refractivity contribution is -0.130. The lowest BCUT2D eigenvalue weighted by Gasteiger charge is -2.26. The number of carbonyl (C=O) groups is 1. The number of halogens is 1. The van der Waals surface area contributed by atoms with Crippen LogP contribution < -0.4 is 5.73 Å². The highest BCUT2D eigenvalue weighted by molar-refractivity contribution is 5.85. The van der Waals surface area contributed by atoms with Gasteiger partial charge < -0.3 is 10.6 Å². The van der Waals surface area contributed by atoms with Gasteiger partial charge in [-0.25, -0.2) is 0 Å². The molecule has 1 unspecified atom stereocenters. The van der Waals surface area contributed by atoms with Crippen LogP contribution in [0.5, 0.6) is 0 Å². The minimum atomic E-state index is 0. The molecule has 112 valence electrons. The van der Waals surface area contributed by atoms with Crippen molar-refractivity contribution >= 4 is 18.3 Å². The second kappa shape index (κ2) is 6.59. The van der Waals surface area contributed by atoms with E-state index >= 15 is 0 Å². The molecule has 1 aliphatic heterocycles. The minimum Gasteiger partial charge on any atom is -0.335 e. The van der Waals surface area contributed by atoms with Gasteiger partial charge in [-0.3, -0.25) is 4.79 Å². The molecule has 1 fully saturated rings. The third-order valence-corrected chi connectivity index (χ3v) is 3.91. The van der Waals surface area contributed by atoms with Crippen molar-refractivity contribution in [2.75, 3.05) is 13.1 Å². The summed E-state index contributed by atoms with van der Waals surface area (Å²) in [6, 6.07) is 8.89. The number of nitrogens with two attached hydrogens (primary N) is 1. The molecule has 1 heterocycles. The van der Waals surface area contributed by atoms with Crippen molar-refractivity contribution in [2.24, 2.45) is 5.73 Å². The highest BCUT2D eigenvalue weighted by Crippen LogP contribution is 2.33. The molecule has 2 N–H and O–H groups in total. The molecular formula is C16H25ClN2O. The molecular weight excluding hydrogens is 272 g/mol. The summed E-state index contributed by atoms with van der Waals surface area (Å²) in [6.45, 7) is 7.57. The van der Waals surface area contributed by atoms with E-state index < -0.39 is 0 Å². The maximum Gasteiger partial charge on any atom is 0.236 e. The number of nitrogens with zero attached hydrogens (tertiary/aromatic N) is 1. The Morgan fingerprint density at radius 1 is 1.30 bits per heavy atom. The first kappa shape index (κ1) is 17.0. The summed E-state index contributed by atoms with van der Waals surface area (Å²) >= 11 is 0. The van der Waals surface area contributed by atoms with E-state index in [1.165, 1.54) is 11.1 Å². The molecule has 4 heteroatoms. The van der Waals surface area contributed by atoms with E-state index in [9.17, 15) is 4.79 Å². The molecule has 0 radical (unpaired) electrons. The van der Waals surface area contributed by atoms with Crippen LogP contribution in [0.4, 0.5) is 0 Å². The lowest BCUT2D eigenvalue weighted by atomic mass is 9.86. The van der Waals surface area contributed by atoms with E-state index in [1.807, 2.05) is 4.90 Å². The normalized spacial score (nSPS) is 18.8. The highest BCUT2D eigenvalue weighted by Gasteiger charge is 2.29. The monoisotopic (exact) mass is 296 g/mol. The van der Waals surface area contributed by atoms with Crippen LogP contribution in [-0.4, -0.2) is 23.9 Å². The zero-order valence-electron chi connectivity index (χ0n) is 12.6. The molecule has 0 saturated carbocycles. The lowest BCUT2D eigenvalue weighted by Crippen LogP contribution is -2.35. The smallest absolute Gasteiger partial charge is 0.236 e. The first-order valence-corrected chi connectivity index (χ1v) is 7.03. The molecule has 2 rings (SSSR count). The van der Waals surface area contributed by atoms with Gasteiger partial charge in [-0.1, -0.05) is 45.0 Å². The van der Waals surface area contributed by atoms with Gasteiger partial charge in [0, 0.05) is 6.54 Å². The standard InChI is InChI=1S/C16H24N2O.ClH/c1-16(2,3)13-8-6-12(7-9-13)14-5-4-10-18(14)15(19)11-17;/h6-9,14H,4-5,10-11,17H2,1-3H3;1H. The SMILES string of the molecule is CC(C)(C)c1ccc(C2CCCN2C(=O)CN)cc1.Cl. The molecule has 1 aliphatic rings. The predicted octanol–water partition coefficient (Wildman–Crippen LogP) is 3.03.